The van der Waals surface area contributed by atoms with Crippen molar-refractivity contribution in [2.45, 2.75) is 0 Å². The summed E-state index contributed by atoms with van der Waals surface area (Å²) in [5, 5.41) is 2.32. The van der Waals surface area contributed by atoms with E-state index in [2.05, 4.69) is 48.3 Å². The van der Waals surface area contributed by atoms with Gasteiger partial charge in [0, 0.05) is 12.4 Å². The second kappa shape index (κ2) is 3.92. The highest BCUT2D eigenvalue weighted by Crippen LogP contribution is 2.30. The number of hydrogen-bond acceptors (Lipinski definition) is 4. The quantitative estimate of drug-likeness (QED) is 0.588. The molecule has 1 aromatic heterocycles. The number of halogens is 1. The van der Waals surface area contributed by atoms with Crippen molar-refractivity contribution in [3.05, 3.63) is 29.0 Å². The van der Waals surface area contributed by atoms with E-state index in [1.807, 2.05) is 12.1 Å². The number of nitrogens with zero attached hydrogens (tertiary/aromatic N) is 3. The summed E-state index contributed by atoms with van der Waals surface area (Å²) in [6.45, 7) is 0. The average molecular weight is 266 g/mol. The van der Waals surface area contributed by atoms with Gasteiger partial charge in [-0.1, -0.05) is 0 Å². The fraction of sp³-hybridized carbons (Fsp3) is 0. The molecule has 68 valence electrons. The number of aliphatic imine (C=N–C) groups is 1. The first-order valence-electron chi connectivity index (χ1n) is 3.80. The maximum atomic E-state index is 4.54. The van der Waals surface area contributed by atoms with Crippen molar-refractivity contribution in [1.29, 1.82) is 0 Å². The molecule has 0 unspecified atom stereocenters. The van der Waals surface area contributed by atoms with Gasteiger partial charge in [0.25, 0.3) is 0 Å². The fourth-order valence-corrected chi connectivity index (χ4v) is 1.75. The van der Waals surface area contributed by atoms with Gasteiger partial charge in [0.05, 0.1) is 20.8 Å². The van der Waals surface area contributed by atoms with E-state index in [0.29, 0.717) is 5.69 Å². The lowest BCUT2D eigenvalue weighted by Crippen LogP contribution is -1.83. The molecule has 0 aliphatic carbocycles. The maximum absolute atomic E-state index is 4.54. The predicted octanol–water partition coefficient (Wildman–Crippen LogP) is 3.13. The number of aromatic nitrogens is 2. The topological polar surface area (TPSA) is 38.1 Å². The third kappa shape index (κ3) is 1.57. The predicted molar refractivity (Wildman–Crippen MR) is 61.9 cm³/mol. The second-order valence-corrected chi connectivity index (χ2v) is 3.50. The minimum absolute atomic E-state index is 0.716. The largest absolute Gasteiger partial charge is 0.253 e. The molecule has 1 aromatic carbocycles. The molecule has 1 heterocycles. The van der Waals surface area contributed by atoms with E-state index < -0.39 is 0 Å². The van der Waals surface area contributed by atoms with E-state index >= 15 is 0 Å². The summed E-state index contributed by atoms with van der Waals surface area (Å²) in [6, 6.07) is 3.67. The first kappa shape index (κ1) is 9.40. The Morgan fingerprint density at radius 1 is 1.29 bits per heavy atom. The highest BCUT2D eigenvalue weighted by Gasteiger charge is 2.04. The summed E-state index contributed by atoms with van der Waals surface area (Å²) in [5.41, 5.74) is 2.31. The van der Waals surface area contributed by atoms with Crippen LogP contribution in [0.5, 0.6) is 0 Å². The van der Waals surface area contributed by atoms with Crippen LogP contribution in [-0.2, 0) is 0 Å². The van der Waals surface area contributed by atoms with Gasteiger partial charge in [0.15, 0.2) is 0 Å². The first-order valence-corrected chi connectivity index (χ1v) is 5.00. The first-order chi connectivity index (χ1) is 6.83. The Kier molecular flexibility index (Phi) is 2.63. The molecule has 0 fully saturated rings. The van der Waals surface area contributed by atoms with Crippen LogP contribution in [0.15, 0.2) is 34.0 Å². The molecule has 0 aliphatic heterocycles. The van der Waals surface area contributed by atoms with Crippen molar-refractivity contribution >= 4 is 50.0 Å². The van der Waals surface area contributed by atoms with Crippen LogP contribution in [0, 0.1) is 0 Å². The average Bonchev–Trinajstić information content (AvgIpc) is 2.23. The molecule has 5 heteroatoms. The zero-order chi connectivity index (χ0) is 9.97. The van der Waals surface area contributed by atoms with E-state index in [4.69, 9.17) is 0 Å². The normalized spacial score (nSPS) is 9.79. The van der Waals surface area contributed by atoms with Crippen LogP contribution in [-0.4, -0.2) is 15.1 Å². The van der Waals surface area contributed by atoms with Crippen molar-refractivity contribution in [2.75, 3.05) is 0 Å². The van der Waals surface area contributed by atoms with E-state index in [1.165, 1.54) is 0 Å². The third-order valence-electron chi connectivity index (χ3n) is 1.72. The molecule has 0 N–H and O–H groups in total. The molecular weight excluding hydrogens is 262 g/mol. The molecule has 0 amide bonds. The standard InChI is InChI=1S/C9H4BrN3S/c10-8-6(13-5-14)1-2-7-9(8)12-4-3-11-7/h1-4H. The van der Waals surface area contributed by atoms with Gasteiger partial charge in [-0.3, -0.25) is 9.97 Å². The van der Waals surface area contributed by atoms with Gasteiger partial charge in [0.1, 0.15) is 5.52 Å². The Balaban J connectivity index is 2.81. The minimum Gasteiger partial charge on any atom is -0.253 e. The highest BCUT2D eigenvalue weighted by molar-refractivity contribution is 9.10. The smallest absolute Gasteiger partial charge is 0.105 e. The number of thiocarbonyl (C=S) groups is 1. The second-order valence-electron chi connectivity index (χ2n) is 2.53. The lowest BCUT2D eigenvalue weighted by atomic mass is 10.2. The van der Waals surface area contributed by atoms with Gasteiger partial charge in [0.2, 0.25) is 0 Å². The lowest BCUT2D eigenvalue weighted by molar-refractivity contribution is 1.28. The SMILES string of the molecule is S=C=Nc1ccc2nccnc2c1Br. The molecule has 0 spiro atoms. The minimum atomic E-state index is 0.716. The van der Waals surface area contributed by atoms with Crippen molar-refractivity contribution in [1.82, 2.24) is 9.97 Å². The lowest BCUT2D eigenvalue weighted by Gasteiger charge is -2.00. The Labute approximate surface area is 94.0 Å². The van der Waals surface area contributed by atoms with Crippen LogP contribution < -0.4 is 0 Å². The van der Waals surface area contributed by atoms with Gasteiger partial charge < -0.3 is 0 Å². The molecule has 0 atom stereocenters. The Morgan fingerprint density at radius 3 is 2.86 bits per heavy atom. The summed E-state index contributed by atoms with van der Waals surface area (Å²) in [6.07, 6.45) is 3.29. The monoisotopic (exact) mass is 265 g/mol. The van der Waals surface area contributed by atoms with Crippen LogP contribution in [0.4, 0.5) is 5.69 Å². The van der Waals surface area contributed by atoms with Crippen molar-refractivity contribution in [3.8, 4) is 0 Å². The number of rotatable bonds is 1. The van der Waals surface area contributed by atoms with Crippen LogP contribution in [0.3, 0.4) is 0 Å². The molecule has 0 radical (unpaired) electrons. The van der Waals surface area contributed by atoms with E-state index in [-0.39, 0.29) is 0 Å². The Morgan fingerprint density at radius 2 is 2.07 bits per heavy atom. The molecule has 2 aromatic rings. The molecule has 0 saturated carbocycles. The van der Waals surface area contributed by atoms with Crippen LogP contribution >= 0.6 is 28.1 Å². The molecule has 0 aliphatic rings. The van der Waals surface area contributed by atoms with Crippen LogP contribution in [0.1, 0.15) is 0 Å². The van der Waals surface area contributed by atoms with Gasteiger partial charge >= 0.3 is 0 Å². The maximum Gasteiger partial charge on any atom is 0.105 e. The van der Waals surface area contributed by atoms with Crippen molar-refractivity contribution in [3.63, 3.8) is 0 Å². The van der Waals surface area contributed by atoms with E-state index in [9.17, 15) is 0 Å². The summed E-state index contributed by atoms with van der Waals surface area (Å²) in [7, 11) is 0. The molecular formula is C9H4BrN3S. The summed E-state index contributed by atoms with van der Waals surface area (Å²) < 4.78 is 0.792. The molecule has 0 bridgehead atoms. The van der Waals surface area contributed by atoms with Crippen LogP contribution in [0.25, 0.3) is 11.0 Å². The Bertz CT molecular complexity index is 535. The van der Waals surface area contributed by atoms with Gasteiger partial charge in [-0.15, -0.1) is 0 Å². The number of fused-ring (bicyclic) bond motifs is 1. The molecule has 14 heavy (non-hydrogen) atoms. The molecule has 2 rings (SSSR count). The van der Waals surface area contributed by atoms with Gasteiger partial charge in [-0.25, -0.2) is 0 Å². The summed E-state index contributed by atoms with van der Waals surface area (Å²) in [4.78, 5) is 12.3. The summed E-state index contributed by atoms with van der Waals surface area (Å²) in [5.74, 6) is 0. The van der Waals surface area contributed by atoms with Gasteiger partial charge in [-0.2, -0.15) is 4.99 Å². The zero-order valence-corrected chi connectivity index (χ0v) is 9.34. The molecule has 3 nitrogen and oxygen atoms in total. The van der Waals surface area contributed by atoms with Crippen LogP contribution in [0.2, 0.25) is 0 Å². The van der Waals surface area contributed by atoms with E-state index in [0.717, 1.165) is 15.5 Å². The van der Waals surface area contributed by atoms with Crippen molar-refractivity contribution < 1.29 is 0 Å². The third-order valence-corrected chi connectivity index (χ3v) is 2.60. The van der Waals surface area contributed by atoms with E-state index in [1.54, 1.807) is 12.4 Å². The number of benzene rings is 1. The van der Waals surface area contributed by atoms with Crippen molar-refractivity contribution in [2.24, 2.45) is 4.99 Å². The molecule has 0 saturated heterocycles. The number of isothiocyanates is 1. The Hall–Kier alpha value is -1.16. The zero-order valence-electron chi connectivity index (χ0n) is 6.94. The summed E-state index contributed by atoms with van der Waals surface area (Å²) >= 11 is 7.94. The highest BCUT2D eigenvalue weighted by atomic mass is 79.9. The number of hydrogen-bond donors (Lipinski definition) is 0. The van der Waals surface area contributed by atoms with Gasteiger partial charge in [-0.05, 0) is 40.3 Å². The fourth-order valence-electron chi connectivity index (χ4n) is 1.13.